The van der Waals surface area contributed by atoms with Gasteiger partial charge in [0.15, 0.2) is 5.11 Å². The molecular formula is C9H10N2OS. The molecule has 0 unspecified atom stereocenters. The summed E-state index contributed by atoms with van der Waals surface area (Å²) < 4.78 is 0. The molecule has 0 aromatic heterocycles. The Morgan fingerprint density at radius 2 is 2.00 bits per heavy atom. The zero-order valence-corrected chi connectivity index (χ0v) is 7.84. The minimum atomic E-state index is 0.279. The zero-order valence-electron chi connectivity index (χ0n) is 7.03. The molecule has 0 saturated carbocycles. The van der Waals surface area contributed by atoms with Crippen molar-refractivity contribution < 1.29 is 5.11 Å². The van der Waals surface area contributed by atoms with E-state index in [1.165, 1.54) is 0 Å². The molecule has 0 spiro atoms. The SMILES string of the molecule is Oc1ccc(N2CCNC2=S)cc1. The Hall–Kier alpha value is -1.29. The maximum atomic E-state index is 9.10. The highest BCUT2D eigenvalue weighted by Gasteiger charge is 2.16. The molecule has 13 heavy (non-hydrogen) atoms. The molecule has 0 bridgehead atoms. The van der Waals surface area contributed by atoms with Gasteiger partial charge < -0.3 is 15.3 Å². The number of anilines is 1. The third kappa shape index (κ3) is 1.58. The lowest BCUT2D eigenvalue weighted by atomic mass is 10.3. The van der Waals surface area contributed by atoms with Crippen molar-refractivity contribution in [2.45, 2.75) is 0 Å². The Morgan fingerprint density at radius 1 is 1.31 bits per heavy atom. The first kappa shape index (κ1) is 8.31. The van der Waals surface area contributed by atoms with Crippen molar-refractivity contribution >= 4 is 23.0 Å². The predicted molar refractivity (Wildman–Crippen MR) is 56.1 cm³/mol. The Labute approximate surface area is 82.0 Å². The molecule has 4 heteroatoms. The van der Waals surface area contributed by atoms with E-state index < -0.39 is 0 Å². The van der Waals surface area contributed by atoms with Gasteiger partial charge in [-0.15, -0.1) is 0 Å². The van der Waals surface area contributed by atoms with Crippen molar-refractivity contribution in [1.82, 2.24) is 5.32 Å². The quantitative estimate of drug-likeness (QED) is 0.656. The van der Waals surface area contributed by atoms with Crippen LogP contribution < -0.4 is 10.2 Å². The van der Waals surface area contributed by atoms with E-state index in [1.807, 2.05) is 17.0 Å². The molecule has 1 heterocycles. The molecule has 1 fully saturated rings. The summed E-state index contributed by atoms with van der Waals surface area (Å²) in [5.74, 6) is 0.279. The molecule has 3 nitrogen and oxygen atoms in total. The highest BCUT2D eigenvalue weighted by Crippen LogP contribution is 2.19. The van der Waals surface area contributed by atoms with Crippen LogP contribution in [0.3, 0.4) is 0 Å². The molecule has 1 aliphatic rings. The highest BCUT2D eigenvalue weighted by molar-refractivity contribution is 7.80. The monoisotopic (exact) mass is 194 g/mol. The van der Waals surface area contributed by atoms with Gasteiger partial charge in [-0.3, -0.25) is 0 Å². The van der Waals surface area contributed by atoms with E-state index in [0.29, 0.717) is 0 Å². The lowest BCUT2D eigenvalue weighted by molar-refractivity contribution is 0.475. The van der Waals surface area contributed by atoms with Crippen molar-refractivity contribution in [3.8, 4) is 5.75 Å². The van der Waals surface area contributed by atoms with Gasteiger partial charge in [0.1, 0.15) is 5.75 Å². The molecule has 1 saturated heterocycles. The van der Waals surface area contributed by atoms with E-state index in [4.69, 9.17) is 17.3 Å². The molecular weight excluding hydrogens is 184 g/mol. The molecule has 0 atom stereocenters. The average Bonchev–Trinajstić information content (AvgIpc) is 2.53. The number of nitrogens with one attached hydrogen (secondary N) is 1. The van der Waals surface area contributed by atoms with Gasteiger partial charge in [0.2, 0.25) is 0 Å². The Morgan fingerprint density at radius 3 is 2.54 bits per heavy atom. The fraction of sp³-hybridized carbons (Fsp3) is 0.222. The normalized spacial score (nSPS) is 16.0. The van der Waals surface area contributed by atoms with Gasteiger partial charge in [-0.1, -0.05) is 0 Å². The fourth-order valence-electron chi connectivity index (χ4n) is 1.35. The van der Waals surface area contributed by atoms with Crippen LogP contribution >= 0.6 is 12.2 Å². The van der Waals surface area contributed by atoms with E-state index in [1.54, 1.807) is 12.1 Å². The number of benzene rings is 1. The Bertz CT molecular complexity index is 323. The maximum Gasteiger partial charge on any atom is 0.173 e. The number of phenols is 1. The second kappa shape index (κ2) is 3.22. The summed E-state index contributed by atoms with van der Waals surface area (Å²) in [5.41, 5.74) is 1.02. The summed E-state index contributed by atoms with van der Waals surface area (Å²) in [6, 6.07) is 7.04. The number of nitrogens with zero attached hydrogens (tertiary/aromatic N) is 1. The summed E-state index contributed by atoms with van der Waals surface area (Å²) in [4.78, 5) is 2.01. The van der Waals surface area contributed by atoms with Crippen molar-refractivity contribution in [1.29, 1.82) is 0 Å². The lowest BCUT2D eigenvalue weighted by Gasteiger charge is -2.16. The minimum Gasteiger partial charge on any atom is -0.508 e. The number of rotatable bonds is 1. The zero-order chi connectivity index (χ0) is 9.26. The van der Waals surface area contributed by atoms with E-state index >= 15 is 0 Å². The second-order valence-corrected chi connectivity index (χ2v) is 3.29. The first-order valence-electron chi connectivity index (χ1n) is 4.12. The molecule has 2 rings (SSSR count). The molecule has 1 aromatic rings. The number of phenolic OH excluding ortho intramolecular Hbond substituents is 1. The molecule has 1 aromatic carbocycles. The second-order valence-electron chi connectivity index (χ2n) is 2.90. The number of hydrogen-bond donors (Lipinski definition) is 2. The minimum absolute atomic E-state index is 0.279. The van der Waals surface area contributed by atoms with Crippen LogP contribution in [0.4, 0.5) is 5.69 Å². The van der Waals surface area contributed by atoms with Crippen molar-refractivity contribution in [3.63, 3.8) is 0 Å². The summed E-state index contributed by atoms with van der Waals surface area (Å²) in [6.45, 7) is 1.78. The number of hydrogen-bond acceptors (Lipinski definition) is 2. The highest BCUT2D eigenvalue weighted by atomic mass is 32.1. The summed E-state index contributed by atoms with van der Waals surface area (Å²) in [7, 11) is 0. The maximum absolute atomic E-state index is 9.10. The van der Waals surface area contributed by atoms with Gasteiger partial charge in [0.05, 0.1) is 0 Å². The Kier molecular flexibility index (Phi) is 2.06. The smallest absolute Gasteiger partial charge is 0.173 e. The fourth-order valence-corrected chi connectivity index (χ4v) is 1.65. The number of thiocarbonyl (C=S) groups is 1. The predicted octanol–water partition coefficient (Wildman–Crippen LogP) is 1.09. The molecule has 0 radical (unpaired) electrons. The van der Waals surface area contributed by atoms with Gasteiger partial charge in [-0.05, 0) is 36.5 Å². The van der Waals surface area contributed by atoms with E-state index in [9.17, 15) is 0 Å². The molecule has 1 aliphatic heterocycles. The topological polar surface area (TPSA) is 35.5 Å². The third-order valence-corrected chi connectivity index (χ3v) is 2.38. The summed E-state index contributed by atoms with van der Waals surface area (Å²) in [5, 5.41) is 12.9. The molecule has 2 N–H and O–H groups in total. The summed E-state index contributed by atoms with van der Waals surface area (Å²) in [6.07, 6.45) is 0. The van der Waals surface area contributed by atoms with E-state index in [2.05, 4.69) is 5.32 Å². The van der Waals surface area contributed by atoms with E-state index in [0.717, 1.165) is 23.9 Å². The first-order chi connectivity index (χ1) is 6.27. The van der Waals surface area contributed by atoms with E-state index in [-0.39, 0.29) is 5.75 Å². The van der Waals surface area contributed by atoms with Crippen molar-refractivity contribution in [2.75, 3.05) is 18.0 Å². The third-order valence-electron chi connectivity index (χ3n) is 2.02. The molecule has 0 amide bonds. The van der Waals surface area contributed by atoms with Gasteiger partial charge in [0.25, 0.3) is 0 Å². The van der Waals surface area contributed by atoms with Gasteiger partial charge in [0, 0.05) is 18.8 Å². The van der Waals surface area contributed by atoms with Crippen LogP contribution in [-0.2, 0) is 0 Å². The van der Waals surface area contributed by atoms with Crippen LogP contribution in [-0.4, -0.2) is 23.3 Å². The van der Waals surface area contributed by atoms with Gasteiger partial charge in [-0.25, -0.2) is 0 Å². The lowest BCUT2D eigenvalue weighted by Crippen LogP contribution is -2.27. The van der Waals surface area contributed by atoms with Crippen LogP contribution in [0.1, 0.15) is 0 Å². The van der Waals surface area contributed by atoms with Crippen molar-refractivity contribution in [2.24, 2.45) is 0 Å². The van der Waals surface area contributed by atoms with Crippen LogP contribution in [0.25, 0.3) is 0 Å². The van der Waals surface area contributed by atoms with Crippen molar-refractivity contribution in [3.05, 3.63) is 24.3 Å². The number of aromatic hydroxyl groups is 1. The molecule has 0 aliphatic carbocycles. The summed E-state index contributed by atoms with van der Waals surface area (Å²) >= 11 is 5.11. The van der Waals surface area contributed by atoms with Crippen LogP contribution in [0.5, 0.6) is 5.75 Å². The Balaban J connectivity index is 2.25. The van der Waals surface area contributed by atoms with Crippen LogP contribution in [0.2, 0.25) is 0 Å². The standard InChI is InChI=1S/C9H10N2OS/c12-8-3-1-7(2-4-8)11-6-5-10-9(11)13/h1-4,12H,5-6H2,(H,10,13). The molecule has 68 valence electrons. The van der Waals surface area contributed by atoms with Crippen LogP contribution in [0.15, 0.2) is 24.3 Å². The van der Waals surface area contributed by atoms with Gasteiger partial charge in [-0.2, -0.15) is 0 Å². The van der Waals surface area contributed by atoms with Crippen LogP contribution in [0, 0.1) is 0 Å². The average molecular weight is 194 g/mol. The van der Waals surface area contributed by atoms with Gasteiger partial charge >= 0.3 is 0 Å². The first-order valence-corrected chi connectivity index (χ1v) is 4.52. The largest absolute Gasteiger partial charge is 0.508 e.